The van der Waals surface area contributed by atoms with Crippen LogP contribution in [0.2, 0.25) is 0 Å². The molecular weight excluding hydrogens is 593 g/mol. The molecule has 2 aromatic carbocycles. The van der Waals surface area contributed by atoms with Crippen molar-refractivity contribution >= 4 is 18.3 Å². The van der Waals surface area contributed by atoms with E-state index in [4.69, 9.17) is 19.0 Å². The number of hydrogen-bond acceptors (Lipinski definition) is 6. The lowest BCUT2D eigenvalue weighted by Gasteiger charge is -2.33. The van der Waals surface area contributed by atoms with E-state index >= 15 is 0 Å². The minimum Gasteiger partial charge on any atom is -0.399 e. The SMILES string of the molecule is CC1(C)OB(c2ccc(-c3ccc(C4=NC(C5NC6CCC5C6)NC4)c4c3CC3(CCOCC3)C4)c3c2CC2(CCCC2)C3)OC1(C)C. The van der Waals surface area contributed by atoms with Gasteiger partial charge in [-0.3, -0.25) is 10.3 Å². The standard InChI is InChI=1S/C41H54BN3O3/c1-38(2)39(3,4)48-42(47-38)34-12-11-28(31-21-40(23-33(31)34)13-5-6-14-40)27-9-10-29(32-22-41(20-30(27)32)15-17-46-18-16-41)35-24-43-37(45-35)36-25-7-8-26(19-25)44-36/h9-12,25-26,36-37,43-44H,5-8,13-24H2,1-4H3. The Morgan fingerprint density at radius 3 is 2.00 bits per heavy atom. The van der Waals surface area contributed by atoms with Crippen LogP contribution < -0.4 is 16.1 Å². The Hall–Kier alpha value is -2.03. The Kier molecular flexibility index (Phi) is 6.89. The molecule has 5 fully saturated rings. The smallest absolute Gasteiger partial charge is 0.399 e. The van der Waals surface area contributed by atoms with Crippen LogP contribution in [0.15, 0.2) is 29.3 Å². The van der Waals surface area contributed by atoms with Gasteiger partial charge in [-0.15, -0.1) is 0 Å². The lowest BCUT2D eigenvalue weighted by molar-refractivity contribution is 0.00578. The van der Waals surface area contributed by atoms with Gasteiger partial charge in [0.1, 0.15) is 6.17 Å². The molecule has 7 heteroatoms. The molecule has 0 radical (unpaired) electrons. The Morgan fingerprint density at radius 2 is 1.33 bits per heavy atom. The van der Waals surface area contributed by atoms with Gasteiger partial charge in [0.15, 0.2) is 0 Å². The van der Waals surface area contributed by atoms with Crippen molar-refractivity contribution in [1.82, 2.24) is 10.6 Å². The summed E-state index contributed by atoms with van der Waals surface area (Å²) in [4.78, 5) is 5.45. The maximum absolute atomic E-state index is 6.70. The molecule has 4 aliphatic carbocycles. The van der Waals surface area contributed by atoms with Crippen LogP contribution in [0.1, 0.15) is 113 Å². The van der Waals surface area contributed by atoms with Gasteiger partial charge in [0.25, 0.3) is 0 Å². The van der Waals surface area contributed by atoms with Crippen molar-refractivity contribution in [3.63, 3.8) is 0 Å². The van der Waals surface area contributed by atoms with E-state index < -0.39 is 0 Å². The predicted octanol–water partition coefficient (Wildman–Crippen LogP) is 6.07. The van der Waals surface area contributed by atoms with E-state index in [2.05, 4.69) is 62.6 Å². The van der Waals surface area contributed by atoms with Gasteiger partial charge in [-0.05, 0) is 154 Å². The first-order valence-electron chi connectivity index (χ1n) is 19.4. The average molecular weight is 648 g/mol. The van der Waals surface area contributed by atoms with E-state index in [-0.39, 0.29) is 24.5 Å². The summed E-state index contributed by atoms with van der Waals surface area (Å²) in [5.74, 6) is 0.777. The number of piperidine rings is 1. The summed E-state index contributed by atoms with van der Waals surface area (Å²) in [6.45, 7) is 11.4. The molecule has 3 saturated heterocycles. The molecule has 2 N–H and O–H groups in total. The maximum atomic E-state index is 6.70. The molecule has 2 spiro atoms. The van der Waals surface area contributed by atoms with Gasteiger partial charge in [0, 0.05) is 37.4 Å². The Labute approximate surface area is 287 Å². The molecule has 48 heavy (non-hydrogen) atoms. The topological polar surface area (TPSA) is 64.1 Å². The van der Waals surface area contributed by atoms with Gasteiger partial charge in [-0.2, -0.15) is 0 Å². The summed E-state index contributed by atoms with van der Waals surface area (Å²) in [5, 5.41) is 7.75. The quantitative estimate of drug-likeness (QED) is 0.395. The first-order chi connectivity index (χ1) is 23.1. The molecule has 2 aromatic rings. The number of hydrogen-bond donors (Lipinski definition) is 2. The lowest BCUT2D eigenvalue weighted by atomic mass is 9.73. The highest BCUT2D eigenvalue weighted by Gasteiger charge is 2.54. The first kappa shape index (κ1) is 30.8. The average Bonchev–Trinajstić information content (AvgIpc) is 3.92. The van der Waals surface area contributed by atoms with Crippen LogP contribution in [0.3, 0.4) is 0 Å². The number of aliphatic imine (C=N–C) groups is 1. The predicted molar refractivity (Wildman–Crippen MR) is 192 cm³/mol. The van der Waals surface area contributed by atoms with Crippen molar-refractivity contribution in [2.75, 3.05) is 19.8 Å². The third-order valence-electron chi connectivity index (χ3n) is 15.0. The highest BCUT2D eigenvalue weighted by Crippen LogP contribution is 2.53. The summed E-state index contributed by atoms with van der Waals surface area (Å²) in [6.07, 6.45) is 16.6. The number of rotatable bonds is 4. The largest absolute Gasteiger partial charge is 0.495 e. The number of nitrogens with zero attached hydrogens (tertiary/aromatic N) is 1. The van der Waals surface area contributed by atoms with Crippen LogP contribution >= 0.6 is 0 Å². The molecule has 2 saturated carbocycles. The molecule has 2 bridgehead atoms. The van der Waals surface area contributed by atoms with Gasteiger partial charge < -0.3 is 19.4 Å². The summed E-state index contributed by atoms with van der Waals surface area (Å²) < 4.78 is 19.3. The van der Waals surface area contributed by atoms with E-state index in [1.54, 1.807) is 16.7 Å². The first-order valence-corrected chi connectivity index (χ1v) is 19.4. The number of ether oxygens (including phenoxy) is 1. The molecule has 4 unspecified atom stereocenters. The van der Waals surface area contributed by atoms with Gasteiger partial charge >= 0.3 is 7.12 Å². The number of fused-ring (bicyclic) bond motifs is 4. The fourth-order valence-corrected chi connectivity index (χ4v) is 11.5. The van der Waals surface area contributed by atoms with Crippen molar-refractivity contribution in [2.45, 2.75) is 141 Å². The van der Waals surface area contributed by atoms with Crippen LogP contribution in [0.25, 0.3) is 11.1 Å². The Morgan fingerprint density at radius 1 is 0.729 bits per heavy atom. The monoisotopic (exact) mass is 647 g/mol. The van der Waals surface area contributed by atoms with Crippen molar-refractivity contribution in [2.24, 2.45) is 21.7 Å². The van der Waals surface area contributed by atoms with Crippen LogP contribution in [0.4, 0.5) is 0 Å². The minimum atomic E-state index is -0.341. The Bertz CT molecular complexity index is 1670. The second kappa shape index (κ2) is 10.7. The van der Waals surface area contributed by atoms with Crippen molar-refractivity contribution in [1.29, 1.82) is 0 Å². The molecule has 0 aromatic heterocycles. The second-order valence-corrected chi connectivity index (χ2v) is 18.3. The van der Waals surface area contributed by atoms with Crippen molar-refractivity contribution in [3.05, 3.63) is 52.1 Å². The molecular formula is C41H54BN3O3. The third-order valence-corrected chi connectivity index (χ3v) is 15.0. The van der Waals surface area contributed by atoms with Crippen LogP contribution in [0.5, 0.6) is 0 Å². The number of nitrogens with one attached hydrogen (secondary N) is 2. The zero-order chi connectivity index (χ0) is 32.5. The number of benzene rings is 2. The van der Waals surface area contributed by atoms with Crippen LogP contribution in [0, 0.1) is 16.7 Å². The Balaban J connectivity index is 1.07. The molecule has 8 aliphatic rings. The normalized spacial score (nSPS) is 33.2. The molecule has 0 amide bonds. The second-order valence-electron chi connectivity index (χ2n) is 18.3. The summed E-state index contributed by atoms with van der Waals surface area (Å²) >= 11 is 0. The fourth-order valence-electron chi connectivity index (χ4n) is 11.5. The fraction of sp³-hybridized carbons (Fsp3) is 0.683. The molecule has 6 nitrogen and oxygen atoms in total. The van der Waals surface area contributed by atoms with E-state index in [0.29, 0.717) is 22.9 Å². The summed E-state index contributed by atoms with van der Waals surface area (Å²) in [7, 11) is -0.307. The van der Waals surface area contributed by atoms with Gasteiger partial charge in [-0.25, -0.2) is 0 Å². The zero-order valence-corrected chi connectivity index (χ0v) is 29.7. The van der Waals surface area contributed by atoms with Crippen LogP contribution in [-0.4, -0.2) is 62.0 Å². The zero-order valence-electron chi connectivity index (χ0n) is 29.7. The third kappa shape index (κ3) is 4.66. The molecule has 10 rings (SSSR count). The van der Waals surface area contributed by atoms with E-state index in [1.165, 1.54) is 84.8 Å². The summed E-state index contributed by atoms with van der Waals surface area (Å²) in [5.41, 5.74) is 13.2. The lowest BCUT2D eigenvalue weighted by Crippen LogP contribution is -2.48. The van der Waals surface area contributed by atoms with Crippen molar-refractivity contribution in [3.8, 4) is 11.1 Å². The maximum Gasteiger partial charge on any atom is 0.495 e. The van der Waals surface area contributed by atoms with E-state index in [1.807, 2.05) is 0 Å². The highest BCUT2D eigenvalue weighted by atomic mass is 16.7. The van der Waals surface area contributed by atoms with Crippen molar-refractivity contribution < 1.29 is 14.0 Å². The van der Waals surface area contributed by atoms with Crippen LogP contribution in [-0.2, 0) is 39.7 Å². The summed E-state index contributed by atoms with van der Waals surface area (Å²) in [6, 6.07) is 11.0. The molecule has 4 atom stereocenters. The van der Waals surface area contributed by atoms with E-state index in [0.717, 1.165) is 57.8 Å². The van der Waals surface area contributed by atoms with Gasteiger partial charge in [0.05, 0.1) is 16.9 Å². The highest BCUT2D eigenvalue weighted by molar-refractivity contribution is 6.62. The van der Waals surface area contributed by atoms with Gasteiger partial charge in [0.2, 0.25) is 0 Å². The molecule has 4 aliphatic heterocycles. The molecule has 254 valence electrons. The van der Waals surface area contributed by atoms with E-state index in [9.17, 15) is 0 Å². The minimum absolute atomic E-state index is 0.206. The molecule has 4 heterocycles. The van der Waals surface area contributed by atoms with Gasteiger partial charge in [-0.1, -0.05) is 37.1 Å².